The highest BCUT2D eigenvalue weighted by Crippen LogP contribution is 2.41. The second-order valence-electron chi connectivity index (χ2n) is 5.75. The molecule has 0 aliphatic carbocycles. The Hall–Kier alpha value is -2.12. The van der Waals surface area contributed by atoms with Gasteiger partial charge in [0.15, 0.2) is 24.7 Å². The van der Waals surface area contributed by atoms with Crippen molar-refractivity contribution in [2.45, 2.75) is 6.92 Å². The van der Waals surface area contributed by atoms with Crippen molar-refractivity contribution in [3.05, 3.63) is 56.0 Å². The van der Waals surface area contributed by atoms with E-state index >= 15 is 0 Å². The first-order valence-corrected chi connectivity index (χ1v) is 10.00. The summed E-state index contributed by atoms with van der Waals surface area (Å²) in [7, 11) is 1.49. The number of methoxy groups -OCH3 is 1. The highest BCUT2D eigenvalue weighted by Gasteiger charge is 2.17. The van der Waals surface area contributed by atoms with E-state index in [1.807, 2.05) is 19.1 Å². The zero-order chi connectivity index (χ0) is 22.3. The van der Waals surface area contributed by atoms with E-state index in [0.29, 0.717) is 11.5 Å². The van der Waals surface area contributed by atoms with Gasteiger partial charge in [0.1, 0.15) is 0 Å². The smallest absolute Gasteiger partial charge is 0.344 e. The number of hydrogen-bond acceptors (Lipinski definition) is 5. The lowest BCUT2D eigenvalue weighted by Crippen LogP contribution is -2.24. The van der Waals surface area contributed by atoms with Crippen LogP contribution in [0.1, 0.15) is 12.5 Å². The summed E-state index contributed by atoms with van der Waals surface area (Å²) < 4.78 is 15.6. The van der Waals surface area contributed by atoms with Crippen molar-refractivity contribution in [3.8, 4) is 11.5 Å². The van der Waals surface area contributed by atoms with Crippen LogP contribution in [-0.2, 0) is 14.3 Å². The summed E-state index contributed by atoms with van der Waals surface area (Å²) in [6, 6.07) is 6.58. The van der Waals surface area contributed by atoms with Crippen LogP contribution in [0, 0.1) is 0 Å². The number of carbonyl (C=O) groups is 2. The largest absolute Gasteiger partial charge is 0.493 e. The molecule has 0 aromatic heterocycles. The van der Waals surface area contributed by atoms with Crippen LogP contribution in [0.2, 0.25) is 20.1 Å². The zero-order valence-corrected chi connectivity index (χ0v) is 19.0. The van der Waals surface area contributed by atoms with Crippen LogP contribution in [0.25, 0.3) is 6.08 Å². The Balaban J connectivity index is 1.91. The van der Waals surface area contributed by atoms with Gasteiger partial charge < -0.3 is 19.5 Å². The number of carbonyl (C=O) groups excluding carboxylic acids is 2. The van der Waals surface area contributed by atoms with E-state index in [9.17, 15) is 9.59 Å². The fourth-order valence-electron chi connectivity index (χ4n) is 2.28. The van der Waals surface area contributed by atoms with E-state index in [-0.39, 0.29) is 25.8 Å². The summed E-state index contributed by atoms with van der Waals surface area (Å²) in [6.45, 7) is 0.888. The summed E-state index contributed by atoms with van der Waals surface area (Å²) in [4.78, 5) is 24.0. The Bertz CT molecular complexity index is 952. The molecule has 0 fully saturated rings. The first-order valence-electron chi connectivity index (χ1n) is 8.48. The van der Waals surface area contributed by atoms with Crippen molar-refractivity contribution in [3.63, 3.8) is 0 Å². The molecule has 2 rings (SSSR count). The third-order valence-electron chi connectivity index (χ3n) is 3.63. The molecule has 2 aromatic rings. The Kier molecular flexibility index (Phi) is 9.11. The number of ether oxygens (including phenoxy) is 3. The van der Waals surface area contributed by atoms with Gasteiger partial charge in [-0.2, -0.15) is 0 Å². The Morgan fingerprint density at radius 3 is 2.27 bits per heavy atom. The molecule has 0 aliphatic heterocycles. The molecule has 1 N–H and O–H groups in total. The maximum Gasteiger partial charge on any atom is 0.344 e. The average Bonchev–Trinajstić information content (AvgIpc) is 2.73. The number of allylic oxidation sites excluding steroid dienone is 1. The number of anilines is 1. The first kappa shape index (κ1) is 24.2. The van der Waals surface area contributed by atoms with Crippen molar-refractivity contribution < 1.29 is 23.8 Å². The van der Waals surface area contributed by atoms with Gasteiger partial charge in [0, 0.05) is 0 Å². The van der Waals surface area contributed by atoms with Crippen molar-refractivity contribution in [1.82, 2.24) is 0 Å². The number of benzene rings is 2. The maximum atomic E-state index is 12.1. The molecule has 0 spiro atoms. The molecule has 2 aromatic carbocycles. The molecular formula is C20H17Cl4NO5. The molecule has 0 radical (unpaired) electrons. The fraction of sp³-hybridized carbons (Fsp3) is 0.200. The summed E-state index contributed by atoms with van der Waals surface area (Å²) >= 11 is 23.9. The summed E-state index contributed by atoms with van der Waals surface area (Å²) in [5.74, 6) is -0.623. The van der Waals surface area contributed by atoms with Crippen LogP contribution in [0.3, 0.4) is 0 Å². The summed E-state index contributed by atoms with van der Waals surface area (Å²) in [6.07, 6.45) is 3.78. The topological polar surface area (TPSA) is 73.9 Å². The minimum atomic E-state index is -0.758. The molecule has 1 amide bonds. The maximum absolute atomic E-state index is 12.1. The molecule has 0 aliphatic rings. The lowest BCUT2D eigenvalue weighted by Gasteiger charge is -2.13. The predicted molar refractivity (Wildman–Crippen MR) is 119 cm³/mol. The van der Waals surface area contributed by atoms with Gasteiger partial charge in [0.05, 0.1) is 32.9 Å². The second kappa shape index (κ2) is 11.3. The summed E-state index contributed by atoms with van der Waals surface area (Å²) in [5.41, 5.74) is 0.943. The average molecular weight is 493 g/mol. The van der Waals surface area contributed by atoms with Crippen LogP contribution >= 0.6 is 46.4 Å². The number of rotatable bonds is 8. The molecule has 160 valence electrons. The SMILES string of the molecule is C/C=C/c1ccc(OCC(=O)OCC(=O)Nc2c(Cl)c(Cl)cc(Cl)c2Cl)c(OC)c1. The van der Waals surface area contributed by atoms with Gasteiger partial charge in [-0.05, 0) is 30.7 Å². The first-order chi connectivity index (χ1) is 14.3. The molecule has 0 saturated heterocycles. The number of hydrogen-bond donors (Lipinski definition) is 1. The molecule has 0 atom stereocenters. The van der Waals surface area contributed by atoms with Gasteiger partial charge in [-0.15, -0.1) is 0 Å². The van der Waals surface area contributed by atoms with E-state index in [1.165, 1.54) is 13.2 Å². The molecule has 30 heavy (non-hydrogen) atoms. The van der Waals surface area contributed by atoms with Crippen LogP contribution in [0.15, 0.2) is 30.3 Å². The lowest BCUT2D eigenvalue weighted by atomic mass is 10.2. The van der Waals surface area contributed by atoms with E-state index in [0.717, 1.165) is 5.56 Å². The monoisotopic (exact) mass is 491 g/mol. The van der Waals surface area contributed by atoms with Crippen molar-refractivity contribution in [1.29, 1.82) is 0 Å². The standard InChI is InChI=1S/C20H17Cl4NO5/c1-3-4-11-5-6-14(15(7-11)28-2)29-10-17(27)30-9-16(26)25-20-18(23)12(21)8-13(22)19(20)24/h3-8H,9-10H2,1-2H3,(H,25,26)/b4-3+. The van der Waals surface area contributed by atoms with Gasteiger partial charge in [-0.1, -0.05) is 64.6 Å². The normalized spacial score (nSPS) is 10.7. The van der Waals surface area contributed by atoms with Crippen molar-refractivity contribution in [2.24, 2.45) is 0 Å². The Morgan fingerprint density at radius 2 is 1.67 bits per heavy atom. The van der Waals surface area contributed by atoms with E-state index < -0.39 is 25.1 Å². The van der Waals surface area contributed by atoms with Crippen LogP contribution < -0.4 is 14.8 Å². The van der Waals surface area contributed by atoms with Crippen molar-refractivity contribution in [2.75, 3.05) is 25.6 Å². The predicted octanol–water partition coefficient (Wildman–Crippen LogP) is 5.90. The molecule has 0 unspecified atom stereocenters. The molecule has 0 heterocycles. The third-order valence-corrected chi connectivity index (χ3v) is 5.21. The number of nitrogens with one attached hydrogen (secondary N) is 1. The molecule has 0 saturated carbocycles. The highest BCUT2D eigenvalue weighted by molar-refractivity contribution is 6.50. The third kappa shape index (κ3) is 6.44. The minimum Gasteiger partial charge on any atom is -0.493 e. The summed E-state index contributed by atoms with van der Waals surface area (Å²) in [5, 5.41) is 2.67. The highest BCUT2D eigenvalue weighted by atomic mass is 35.5. The number of amides is 1. The molecule has 6 nitrogen and oxygen atoms in total. The van der Waals surface area contributed by atoms with Gasteiger partial charge in [-0.3, -0.25) is 4.79 Å². The van der Waals surface area contributed by atoms with Gasteiger partial charge in [0.2, 0.25) is 0 Å². The van der Waals surface area contributed by atoms with Gasteiger partial charge >= 0.3 is 5.97 Å². The van der Waals surface area contributed by atoms with E-state index in [4.69, 9.17) is 60.6 Å². The Labute approximate surface area is 193 Å². The fourth-order valence-corrected chi connectivity index (χ4v) is 3.19. The zero-order valence-electron chi connectivity index (χ0n) is 15.9. The van der Waals surface area contributed by atoms with Gasteiger partial charge in [0.25, 0.3) is 5.91 Å². The van der Waals surface area contributed by atoms with Gasteiger partial charge in [-0.25, -0.2) is 4.79 Å². The molecular weight excluding hydrogens is 476 g/mol. The molecule has 10 heteroatoms. The molecule has 0 bridgehead atoms. The Morgan fingerprint density at radius 1 is 1.00 bits per heavy atom. The van der Waals surface area contributed by atoms with Crippen LogP contribution in [0.4, 0.5) is 5.69 Å². The lowest BCUT2D eigenvalue weighted by molar-refractivity contribution is -0.149. The number of halogens is 4. The van der Waals surface area contributed by atoms with E-state index in [1.54, 1.807) is 18.2 Å². The quantitative estimate of drug-likeness (QED) is 0.366. The van der Waals surface area contributed by atoms with Crippen LogP contribution in [-0.4, -0.2) is 32.2 Å². The minimum absolute atomic E-state index is 0.0162. The van der Waals surface area contributed by atoms with E-state index in [2.05, 4.69) is 5.32 Å². The number of esters is 1. The second-order valence-corrected chi connectivity index (χ2v) is 7.32. The van der Waals surface area contributed by atoms with Crippen molar-refractivity contribution >= 4 is 70.0 Å². The van der Waals surface area contributed by atoms with Crippen LogP contribution in [0.5, 0.6) is 11.5 Å².